The summed E-state index contributed by atoms with van der Waals surface area (Å²) in [6.07, 6.45) is -7.93. The molecular formula is C20H22F2N11O7PS. The van der Waals surface area contributed by atoms with Crippen molar-refractivity contribution in [3.05, 3.63) is 23.0 Å². The lowest BCUT2D eigenvalue weighted by atomic mass is 9.96. The summed E-state index contributed by atoms with van der Waals surface area (Å²) >= 11 is 5.17. The first-order valence-electron chi connectivity index (χ1n) is 12.5. The Balaban J connectivity index is 1.17. The molecular weight excluding hydrogens is 607 g/mol. The molecule has 9 atom stereocenters. The molecule has 6 N–H and O–H groups in total. The highest BCUT2D eigenvalue weighted by Crippen LogP contribution is 2.52. The van der Waals surface area contributed by atoms with Gasteiger partial charge < -0.3 is 35.1 Å². The summed E-state index contributed by atoms with van der Waals surface area (Å²) in [5, 5.41) is 7.86. The number of nitrogens with one attached hydrogen (secondary N) is 1. The highest BCUT2D eigenvalue weighted by Gasteiger charge is 2.53. The molecule has 0 radical (unpaired) electrons. The Bertz CT molecular complexity index is 1780. The van der Waals surface area contributed by atoms with Crippen LogP contribution in [0.5, 0.6) is 0 Å². The van der Waals surface area contributed by atoms with Crippen LogP contribution in [-0.2, 0) is 35.1 Å². The zero-order valence-electron chi connectivity index (χ0n) is 21.1. The van der Waals surface area contributed by atoms with Gasteiger partial charge in [-0.25, -0.2) is 23.7 Å². The van der Waals surface area contributed by atoms with Crippen LogP contribution in [0.15, 0.2) is 17.4 Å². The molecule has 4 aromatic rings. The fourth-order valence-electron chi connectivity index (χ4n) is 5.29. The number of fused-ring (bicyclic) bond motifs is 5. The number of ether oxygens (including phenoxy) is 3. The van der Waals surface area contributed by atoms with E-state index in [2.05, 4.69) is 35.2 Å². The minimum absolute atomic E-state index is 0.0268. The number of hydrogen-bond acceptors (Lipinski definition) is 15. The Morgan fingerprint density at radius 1 is 1.12 bits per heavy atom. The zero-order valence-corrected chi connectivity index (χ0v) is 22.8. The van der Waals surface area contributed by atoms with Gasteiger partial charge in [0, 0.05) is 5.92 Å². The maximum absolute atomic E-state index is 15.9. The lowest BCUT2D eigenvalue weighted by Gasteiger charge is -2.27. The molecule has 2 bridgehead atoms. The second-order valence-corrected chi connectivity index (χ2v) is 12.5. The van der Waals surface area contributed by atoms with Crippen LogP contribution in [0.3, 0.4) is 0 Å². The highest BCUT2D eigenvalue weighted by molar-refractivity contribution is 8.07. The van der Waals surface area contributed by atoms with Gasteiger partial charge in [-0.1, -0.05) is 5.21 Å². The Kier molecular flexibility index (Phi) is 6.66. The Morgan fingerprint density at radius 2 is 1.95 bits per heavy atom. The van der Waals surface area contributed by atoms with E-state index < -0.39 is 68.1 Å². The van der Waals surface area contributed by atoms with Crippen LogP contribution in [0.25, 0.3) is 22.3 Å². The Hall–Kier alpha value is -3.30. The second-order valence-electron chi connectivity index (χ2n) is 9.75. The summed E-state index contributed by atoms with van der Waals surface area (Å²) in [7, 11) is 0. The van der Waals surface area contributed by atoms with Crippen LogP contribution >= 0.6 is 6.72 Å². The third-order valence-electron chi connectivity index (χ3n) is 7.25. The SMILES string of the molecule is Nc1nc2c(ncn2[C@@H]2OC3OCC[C@H]4[C@H](F)[C@H](n5nnc6c(N)ncnc65)O[C@@H]4COP(O)(=S)O[C@@H]2[C@H]3F)c(=O)[nH]1. The van der Waals surface area contributed by atoms with Crippen molar-refractivity contribution >= 4 is 52.6 Å². The first-order chi connectivity index (χ1) is 20.1. The Morgan fingerprint density at radius 3 is 2.79 bits per heavy atom. The van der Waals surface area contributed by atoms with Crippen molar-refractivity contribution in [2.75, 3.05) is 24.7 Å². The molecule has 22 heteroatoms. The molecule has 0 saturated carbocycles. The summed E-state index contributed by atoms with van der Waals surface area (Å²) < 4.78 is 62.5. The van der Waals surface area contributed by atoms with E-state index in [4.69, 9.17) is 46.5 Å². The molecule has 3 saturated heterocycles. The van der Waals surface area contributed by atoms with Crippen molar-refractivity contribution in [2.24, 2.45) is 5.92 Å². The first-order valence-corrected chi connectivity index (χ1v) is 15.1. The van der Waals surface area contributed by atoms with Crippen molar-refractivity contribution in [3.8, 4) is 0 Å². The highest BCUT2D eigenvalue weighted by atomic mass is 32.5. The summed E-state index contributed by atoms with van der Waals surface area (Å²) in [6.45, 7) is -4.76. The molecule has 3 aliphatic heterocycles. The van der Waals surface area contributed by atoms with Crippen LogP contribution < -0.4 is 17.0 Å². The first kappa shape index (κ1) is 27.5. The van der Waals surface area contributed by atoms with E-state index in [1.165, 1.54) is 17.2 Å². The van der Waals surface area contributed by atoms with Gasteiger partial charge in [-0.05, 0) is 18.2 Å². The summed E-state index contributed by atoms with van der Waals surface area (Å²) in [5.74, 6) is -1.02. The van der Waals surface area contributed by atoms with Crippen molar-refractivity contribution in [1.29, 1.82) is 0 Å². The molecule has 0 aliphatic carbocycles. The van der Waals surface area contributed by atoms with Crippen LogP contribution in [-0.4, -0.2) is 93.4 Å². The molecule has 3 fully saturated rings. The van der Waals surface area contributed by atoms with E-state index in [0.29, 0.717) is 0 Å². The number of aromatic nitrogens is 9. The normalized spacial score (nSPS) is 35.7. The number of nitrogens with two attached hydrogens (primary N) is 2. The summed E-state index contributed by atoms with van der Waals surface area (Å²) in [6, 6.07) is 0. The van der Waals surface area contributed by atoms with Gasteiger partial charge in [0.2, 0.25) is 5.95 Å². The van der Waals surface area contributed by atoms with Gasteiger partial charge in [0.25, 0.3) is 5.56 Å². The van der Waals surface area contributed by atoms with Crippen LogP contribution in [0.2, 0.25) is 0 Å². The fraction of sp³-hybridized carbons (Fsp3) is 0.550. The predicted octanol–water partition coefficient (Wildman–Crippen LogP) is -0.397. The molecule has 42 heavy (non-hydrogen) atoms. The van der Waals surface area contributed by atoms with Gasteiger partial charge in [0.15, 0.2) is 59.2 Å². The molecule has 2 unspecified atom stereocenters. The standard InChI is InChI=1S/C20H22F2N11O7PS/c21-8-6-1-2-36-19-9(22)12(18(39-19)32-5-27-11-15(32)28-20(24)29-16(11)34)40-41(35,42)37-3-7(6)38-17(8)33-14-10(30-31-33)13(23)25-4-26-14/h4-9,12,17-19H,1-3H2,(H,35,42)(H2,23,25,26)(H3,24,28,29,34)/t6-,7-,8+,9-,12-,17-,18-,19?,41?/m1/s1. The van der Waals surface area contributed by atoms with E-state index in [1.54, 1.807) is 0 Å². The molecule has 7 heterocycles. The molecule has 18 nitrogen and oxygen atoms in total. The van der Waals surface area contributed by atoms with Crippen molar-refractivity contribution in [1.82, 2.24) is 44.5 Å². The molecule has 0 spiro atoms. The van der Waals surface area contributed by atoms with E-state index in [9.17, 15) is 9.69 Å². The molecule has 224 valence electrons. The lowest BCUT2D eigenvalue weighted by Crippen LogP contribution is -2.34. The number of nitrogen functional groups attached to an aromatic ring is 2. The maximum atomic E-state index is 15.9. The number of H-pyrrole nitrogens is 1. The second kappa shape index (κ2) is 10.2. The van der Waals surface area contributed by atoms with Gasteiger partial charge in [0.05, 0.1) is 25.6 Å². The number of imidazole rings is 1. The van der Waals surface area contributed by atoms with E-state index in [0.717, 1.165) is 4.68 Å². The third-order valence-corrected chi connectivity index (χ3v) is 8.81. The monoisotopic (exact) mass is 629 g/mol. The van der Waals surface area contributed by atoms with Crippen molar-refractivity contribution < 1.29 is 36.9 Å². The molecule has 0 aromatic carbocycles. The van der Waals surface area contributed by atoms with Crippen molar-refractivity contribution in [3.63, 3.8) is 0 Å². The fourth-order valence-corrected chi connectivity index (χ4v) is 6.70. The van der Waals surface area contributed by atoms with E-state index in [-0.39, 0.29) is 47.1 Å². The van der Waals surface area contributed by atoms with E-state index >= 15 is 8.78 Å². The third kappa shape index (κ3) is 4.52. The Labute approximate surface area is 237 Å². The minimum atomic E-state index is -4.20. The smallest absolute Gasteiger partial charge is 0.325 e. The zero-order chi connectivity index (χ0) is 29.3. The average molecular weight is 630 g/mol. The molecule has 7 rings (SSSR count). The number of rotatable bonds is 2. The topological polar surface area (TPSA) is 238 Å². The maximum Gasteiger partial charge on any atom is 0.325 e. The number of hydrogen-bond donors (Lipinski definition) is 4. The largest absolute Gasteiger partial charge is 0.382 e. The quantitative estimate of drug-likeness (QED) is 0.206. The molecule has 3 aliphatic rings. The van der Waals surface area contributed by atoms with Crippen LogP contribution in [0.4, 0.5) is 20.5 Å². The summed E-state index contributed by atoms with van der Waals surface area (Å²) in [5.41, 5.74) is 11.1. The van der Waals surface area contributed by atoms with Gasteiger partial charge in [-0.15, -0.1) is 5.10 Å². The van der Waals surface area contributed by atoms with Gasteiger partial charge in [-0.3, -0.25) is 18.9 Å². The number of nitrogens with zero attached hydrogens (tertiary/aromatic N) is 8. The number of anilines is 2. The lowest BCUT2D eigenvalue weighted by molar-refractivity contribution is -0.168. The van der Waals surface area contributed by atoms with Gasteiger partial charge in [0.1, 0.15) is 12.4 Å². The number of halogens is 2. The minimum Gasteiger partial charge on any atom is -0.382 e. The van der Waals surface area contributed by atoms with Crippen LogP contribution in [0, 0.1) is 5.92 Å². The number of aromatic amines is 1. The molecule has 4 aromatic heterocycles. The summed E-state index contributed by atoms with van der Waals surface area (Å²) in [4.78, 5) is 41.5. The number of alkyl halides is 2. The van der Waals surface area contributed by atoms with Gasteiger partial charge in [-0.2, -0.15) is 9.67 Å². The van der Waals surface area contributed by atoms with Crippen molar-refractivity contribution in [2.45, 2.75) is 49.7 Å². The van der Waals surface area contributed by atoms with Gasteiger partial charge >= 0.3 is 6.72 Å². The average Bonchev–Trinajstić information content (AvgIpc) is 3.69. The van der Waals surface area contributed by atoms with E-state index in [1.807, 2.05) is 0 Å². The molecule has 0 amide bonds. The predicted molar refractivity (Wildman–Crippen MR) is 139 cm³/mol. The van der Waals surface area contributed by atoms with Crippen LogP contribution in [0.1, 0.15) is 18.9 Å².